The van der Waals surface area contributed by atoms with Gasteiger partial charge < -0.3 is 5.32 Å². The molecule has 0 radical (unpaired) electrons. The van der Waals surface area contributed by atoms with Crippen LogP contribution in [0.2, 0.25) is 0 Å². The van der Waals surface area contributed by atoms with Crippen LogP contribution < -0.4 is 5.32 Å². The minimum atomic E-state index is 0.594. The highest BCUT2D eigenvalue weighted by atomic mass is 15.2. The number of anilines is 1. The van der Waals surface area contributed by atoms with Gasteiger partial charge in [-0.25, -0.2) is 0 Å². The Balaban J connectivity index is 1.64. The Morgan fingerprint density at radius 2 is 2.10 bits per heavy atom. The van der Waals surface area contributed by atoms with Crippen LogP contribution >= 0.6 is 0 Å². The molecule has 0 spiro atoms. The van der Waals surface area contributed by atoms with E-state index in [9.17, 15) is 0 Å². The van der Waals surface area contributed by atoms with Gasteiger partial charge in [-0.15, -0.1) is 0 Å². The Morgan fingerprint density at radius 1 is 1.14 bits per heavy atom. The number of nitrogens with one attached hydrogen (secondary N) is 1. The number of aromatic nitrogens is 1. The highest BCUT2D eigenvalue weighted by molar-refractivity contribution is 5.93. The number of hydrogen-bond donors (Lipinski definition) is 1. The van der Waals surface area contributed by atoms with Crippen molar-refractivity contribution in [1.82, 2.24) is 9.88 Å². The van der Waals surface area contributed by atoms with E-state index in [-0.39, 0.29) is 0 Å². The van der Waals surface area contributed by atoms with E-state index >= 15 is 0 Å². The Hall–Kier alpha value is -1.61. The fourth-order valence-corrected chi connectivity index (χ4v) is 4.06. The fourth-order valence-electron chi connectivity index (χ4n) is 4.06. The van der Waals surface area contributed by atoms with Crippen molar-refractivity contribution in [2.24, 2.45) is 0 Å². The molecule has 4 rings (SSSR count). The van der Waals surface area contributed by atoms with Crippen LogP contribution in [-0.2, 0) is 0 Å². The molecule has 0 saturated carbocycles. The molecule has 110 valence electrons. The van der Waals surface area contributed by atoms with Crippen molar-refractivity contribution >= 4 is 16.6 Å². The molecule has 2 aromatic rings. The van der Waals surface area contributed by atoms with Gasteiger partial charge in [0.15, 0.2) is 0 Å². The lowest BCUT2D eigenvalue weighted by Gasteiger charge is -2.33. The number of fused-ring (bicyclic) bond motifs is 2. The molecule has 0 amide bonds. The molecule has 1 N–H and O–H groups in total. The van der Waals surface area contributed by atoms with Crippen molar-refractivity contribution < 1.29 is 0 Å². The number of pyridine rings is 1. The van der Waals surface area contributed by atoms with Crippen LogP contribution in [-0.4, -0.2) is 35.1 Å². The number of rotatable bonds is 2. The van der Waals surface area contributed by atoms with Gasteiger partial charge in [0.25, 0.3) is 0 Å². The van der Waals surface area contributed by atoms with Gasteiger partial charge in [0.05, 0.1) is 5.52 Å². The van der Waals surface area contributed by atoms with Gasteiger partial charge in [0.1, 0.15) is 0 Å². The number of benzene rings is 1. The summed E-state index contributed by atoms with van der Waals surface area (Å²) in [6.45, 7) is 4.68. The maximum atomic E-state index is 4.55. The predicted molar refractivity (Wildman–Crippen MR) is 87.7 cm³/mol. The van der Waals surface area contributed by atoms with Crippen molar-refractivity contribution in [3.8, 4) is 0 Å². The first-order valence-electron chi connectivity index (χ1n) is 8.18. The standard InChI is InChI=1S/C18H23N3/c1-13-7-8-15(14-5-4-10-19-18(13)14)20-16-9-12-21-11-3-2-6-17(16)21/h4-5,7-8,10,16-17,20H,2-3,6,9,11-12H2,1H3. The summed E-state index contributed by atoms with van der Waals surface area (Å²) < 4.78 is 0. The summed E-state index contributed by atoms with van der Waals surface area (Å²) in [6, 6.07) is 9.96. The lowest BCUT2D eigenvalue weighted by atomic mass is 9.98. The maximum Gasteiger partial charge on any atom is 0.0751 e. The van der Waals surface area contributed by atoms with Crippen LogP contribution in [0.3, 0.4) is 0 Å². The Labute approximate surface area is 126 Å². The van der Waals surface area contributed by atoms with Gasteiger partial charge in [0.2, 0.25) is 0 Å². The second-order valence-electron chi connectivity index (χ2n) is 6.47. The van der Waals surface area contributed by atoms with E-state index in [4.69, 9.17) is 0 Å². The first-order chi connectivity index (χ1) is 10.3. The number of nitrogens with zero attached hydrogens (tertiary/aromatic N) is 2. The van der Waals surface area contributed by atoms with Crippen LogP contribution in [0.5, 0.6) is 0 Å². The zero-order chi connectivity index (χ0) is 14.2. The minimum Gasteiger partial charge on any atom is -0.380 e. The monoisotopic (exact) mass is 281 g/mol. The van der Waals surface area contributed by atoms with Crippen LogP contribution in [0.25, 0.3) is 10.9 Å². The summed E-state index contributed by atoms with van der Waals surface area (Å²) >= 11 is 0. The smallest absolute Gasteiger partial charge is 0.0751 e. The molecule has 3 nitrogen and oxygen atoms in total. The lowest BCUT2D eigenvalue weighted by Crippen LogP contribution is -2.41. The summed E-state index contributed by atoms with van der Waals surface area (Å²) in [7, 11) is 0. The second-order valence-corrected chi connectivity index (χ2v) is 6.47. The number of aryl methyl sites for hydroxylation is 1. The van der Waals surface area contributed by atoms with Crippen LogP contribution in [0.4, 0.5) is 5.69 Å². The average molecular weight is 281 g/mol. The first-order valence-corrected chi connectivity index (χ1v) is 8.18. The van der Waals surface area contributed by atoms with Gasteiger partial charge in [-0.2, -0.15) is 0 Å². The van der Waals surface area contributed by atoms with Gasteiger partial charge in [-0.3, -0.25) is 9.88 Å². The molecule has 3 heterocycles. The predicted octanol–water partition coefficient (Wildman–Crippen LogP) is 3.58. The van der Waals surface area contributed by atoms with Crippen molar-refractivity contribution in [1.29, 1.82) is 0 Å². The Bertz CT molecular complexity index is 652. The van der Waals surface area contributed by atoms with E-state index in [2.05, 4.69) is 40.3 Å². The molecule has 0 aliphatic carbocycles. The Morgan fingerprint density at radius 3 is 3.05 bits per heavy atom. The molecule has 1 aromatic carbocycles. The average Bonchev–Trinajstić information content (AvgIpc) is 2.94. The molecule has 21 heavy (non-hydrogen) atoms. The maximum absolute atomic E-state index is 4.55. The van der Waals surface area contributed by atoms with E-state index in [1.54, 1.807) is 0 Å². The summed E-state index contributed by atoms with van der Waals surface area (Å²) in [6.07, 6.45) is 7.26. The third kappa shape index (κ3) is 2.30. The van der Waals surface area contributed by atoms with Crippen LogP contribution in [0.1, 0.15) is 31.2 Å². The van der Waals surface area contributed by atoms with Crippen molar-refractivity contribution in [3.05, 3.63) is 36.0 Å². The fraction of sp³-hybridized carbons (Fsp3) is 0.500. The number of hydrogen-bond acceptors (Lipinski definition) is 3. The minimum absolute atomic E-state index is 0.594. The summed E-state index contributed by atoms with van der Waals surface area (Å²) in [5.74, 6) is 0. The molecule has 0 bridgehead atoms. The van der Waals surface area contributed by atoms with Crippen LogP contribution in [0, 0.1) is 6.92 Å². The van der Waals surface area contributed by atoms with Gasteiger partial charge in [-0.05, 0) is 56.5 Å². The zero-order valence-corrected chi connectivity index (χ0v) is 12.7. The van der Waals surface area contributed by atoms with E-state index in [1.165, 1.54) is 55.4 Å². The van der Waals surface area contributed by atoms with Crippen molar-refractivity contribution in [2.75, 3.05) is 18.4 Å². The molecule has 2 aliphatic rings. The summed E-state index contributed by atoms with van der Waals surface area (Å²) in [5.41, 5.74) is 3.63. The first kappa shape index (κ1) is 13.1. The molecule has 2 aliphatic heterocycles. The largest absolute Gasteiger partial charge is 0.380 e. The molecular formula is C18H23N3. The zero-order valence-electron chi connectivity index (χ0n) is 12.7. The normalized spacial score (nSPS) is 26.0. The molecule has 2 fully saturated rings. The topological polar surface area (TPSA) is 28.2 Å². The third-order valence-corrected chi connectivity index (χ3v) is 5.17. The van der Waals surface area contributed by atoms with Gasteiger partial charge in [0, 0.05) is 35.9 Å². The molecule has 3 heteroatoms. The highest BCUT2D eigenvalue weighted by Crippen LogP contribution is 2.32. The SMILES string of the molecule is Cc1ccc(NC2CCN3CCCCC23)c2cccnc12. The quantitative estimate of drug-likeness (QED) is 0.912. The lowest BCUT2D eigenvalue weighted by molar-refractivity contribution is 0.193. The molecule has 1 aromatic heterocycles. The molecule has 2 atom stereocenters. The van der Waals surface area contributed by atoms with Crippen LogP contribution in [0.15, 0.2) is 30.5 Å². The second kappa shape index (κ2) is 5.30. The summed E-state index contributed by atoms with van der Waals surface area (Å²) in [4.78, 5) is 7.22. The summed E-state index contributed by atoms with van der Waals surface area (Å²) in [5, 5.41) is 5.08. The van der Waals surface area contributed by atoms with E-state index < -0.39 is 0 Å². The van der Waals surface area contributed by atoms with Gasteiger partial charge in [-0.1, -0.05) is 12.5 Å². The van der Waals surface area contributed by atoms with E-state index in [0.29, 0.717) is 6.04 Å². The van der Waals surface area contributed by atoms with Gasteiger partial charge >= 0.3 is 0 Å². The third-order valence-electron chi connectivity index (χ3n) is 5.17. The molecule has 2 saturated heterocycles. The molecular weight excluding hydrogens is 258 g/mol. The molecule has 2 unspecified atom stereocenters. The van der Waals surface area contributed by atoms with E-state index in [1.807, 2.05) is 12.3 Å². The van der Waals surface area contributed by atoms with Crippen molar-refractivity contribution in [3.63, 3.8) is 0 Å². The van der Waals surface area contributed by atoms with Crippen molar-refractivity contribution in [2.45, 2.75) is 44.7 Å². The Kier molecular flexibility index (Phi) is 3.30. The number of piperidine rings is 1. The highest BCUT2D eigenvalue weighted by Gasteiger charge is 2.35. The van der Waals surface area contributed by atoms with E-state index in [0.717, 1.165) is 11.6 Å².